The molecule has 0 aliphatic carbocycles. The van der Waals surface area contributed by atoms with Crippen molar-refractivity contribution in [2.45, 2.75) is 6.10 Å². The molecule has 1 heterocycles. The van der Waals surface area contributed by atoms with Crippen LogP contribution in [0.3, 0.4) is 0 Å². The summed E-state index contributed by atoms with van der Waals surface area (Å²) in [6.07, 6.45) is 0.119. The van der Waals surface area contributed by atoms with Crippen molar-refractivity contribution in [3.63, 3.8) is 0 Å². The van der Waals surface area contributed by atoms with E-state index in [2.05, 4.69) is 31.9 Å². The van der Waals surface area contributed by atoms with Gasteiger partial charge in [-0.3, -0.25) is 0 Å². The van der Waals surface area contributed by atoms with E-state index in [1.165, 1.54) is 0 Å². The minimum absolute atomic E-state index is 0.119. The fourth-order valence-corrected chi connectivity index (χ4v) is 1.82. The Hall–Kier alpha value is -0.220. The summed E-state index contributed by atoms with van der Waals surface area (Å²) < 4.78 is 12.2. The minimum atomic E-state index is 0.119. The molecule has 1 atom stereocenters. The summed E-state index contributed by atoms with van der Waals surface area (Å²) in [5, 5.41) is 0.794. The van der Waals surface area contributed by atoms with Gasteiger partial charge in [-0.05, 0) is 18.2 Å². The molecule has 0 aromatic heterocycles. The average molecular weight is 308 g/mol. The average Bonchev–Trinajstić information content (AvgIpc) is 2.17. The lowest BCUT2D eigenvalue weighted by atomic mass is 10.3. The van der Waals surface area contributed by atoms with Crippen LogP contribution >= 0.6 is 31.9 Å². The van der Waals surface area contributed by atoms with Crippen molar-refractivity contribution < 1.29 is 9.47 Å². The molecule has 0 fully saturated rings. The Morgan fingerprint density at radius 3 is 3.00 bits per heavy atom. The van der Waals surface area contributed by atoms with Crippen molar-refractivity contribution in [3.05, 3.63) is 22.7 Å². The molecule has 0 saturated heterocycles. The van der Waals surface area contributed by atoms with E-state index in [9.17, 15) is 0 Å². The third-order valence-corrected chi connectivity index (χ3v) is 3.01. The van der Waals surface area contributed by atoms with Gasteiger partial charge in [0.25, 0.3) is 0 Å². The van der Waals surface area contributed by atoms with Crippen LogP contribution in [0.25, 0.3) is 0 Å². The van der Waals surface area contributed by atoms with Crippen LogP contribution in [-0.4, -0.2) is 18.0 Å². The first-order valence-electron chi connectivity index (χ1n) is 3.94. The zero-order chi connectivity index (χ0) is 9.26. The highest BCUT2D eigenvalue weighted by molar-refractivity contribution is 9.10. The van der Waals surface area contributed by atoms with Gasteiger partial charge >= 0.3 is 0 Å². The normalized spacial score (nSPS) is 20.0. The number of alkyl halides is 1. The van der Waals surface area contributed by atoms with Gasteiger partial charge in [0.15, 0.2) is 11.5 Å². The van der Waals surface area contributed by atoms with E-state index in [4.69, 9.17) is 9.47 Å². The van der Waals surface area contributed by atoms with Gasteiger partial charge in [-0.15, -0.1) is 0 Å². The second-order valence-corrected chi connectivity index (χ2v) is 4.36. The fraction of sp³-hybridized carbons (Fsp3) is 0.333. The number of benzene rings is 1. The molecule has 1 aromatic rings. The standard InChI is InChI=1S/C9H8Br2O2/c10-4-7-5-12-9-3-6(11)1-2-8(9)13-7/h1-3,7H,4-5H2/t7-/m0/s1. The molecule has 2 rings (SSSR count). The first-order valence-corrected chi connectivity index (χ1v) is 5.86. The lowest BCUT2D eigenvalue weighted by Gasteiger charge is -2.25. The van der Waals surface area contributed by atoms with Gasteiger partial charge in [-0.25, -0.2) is 0 Å². The molecule has 4 heteroatoms. The van der Waals surface area contributed by atoms with Crippen LogP contribution in [0.5, 0.6) is 11.5 Å². The maximum atomic E-state index is 5.64. The van der Waals surface area contributed by atoms with E-state index >= 15 is 0 Å². The van der Waals surface area contributed by atoms with Crippen molar-refractivity contribution in [1.29, 1.82) is 0 Å². The molecule has 0 saturated carbocycles. The second kappa shape index (κ2) is 3.88. The van der Waals surface area contributed by atoms with E-state index in [1.807, 2.05) is 18.2 Å². The predicted octanol–water partition coefficient (Wildman–Crippen LogP) is 2.98. The fourth-order valence-electron chi connectivity index (χ4n) is 1.16. The largest absolute Gasteiger partial charge is 0.486 e. The van der Waals surface area contributed by atoms with Gasteiger partial charge in [-0.1, -0.05) is 31.9 Å². The molecule has 0 N–H and O–H groups in total. The summed E-state index contributed by atoms with van der Waals surface area (Å²) in [4.78, 5) is 0. The Kier molecular flexibility index (Phi) is 2.79. The summed E-state index contributed by atoms with van der Waals surface area (Å²) in [7, 11) is 0. The number of fused-ring (bicyclic) bond motifs is 1. The zero-order valence-electron chi connectivity index (χ0n) is 6.80. The number of hydrogen-bond acceptors (Lipinski definition) is 2. The first-order chi connectivity index (χ1) is 6.29. The van der Waals surface area contributed by atoms with Crippen LogP contribution in [0.15, 0.2) is 22.7 Å². The van der Waals surface area contributed by atoms with Crippen LogP contribution in [-0.2, 0) is 0 Å². The summed E-state index contributed by atoms with van der Waals surface area (Å²) in [6, 6.07) is 5.77. The molecular formula is C9H8Br2O2. The Morgan fingerprint density at radius 1 is 1.38 bits per heavy atom. The molecule has 0 bridgehead atoms. The maximum absolute atomic E-state index is 5.64. The lowest BCUT2D eigenvalue weighted by Crippen LogP contribution is -2.30. The van der Waals surface area contributed by atoms with Crippen LogP contribution in [0.4, 0.5) is 0 Å². The number of rotatable bonds is 1. The highest BCUT2D eigenvalue weighted by Gasteiger charge is 2.19. The lowest BCUT2D eigenvalue weighted by molar-refractivity contribution is 0.108. The highest BCUT2D eigenvalue weighted by Crippen LogP contribution is 2.34. The third-order valence-electron chi connectivity index (χ3n) is 1.80. The van der Waals surface area contributed by atoms with E-state index < -0.39 is 0 Å². The van der Waals surface area contributed by atoms with Crippen LogP contribution in [0.2, 0.25) is 0 Å². The molecule has 0 spiro atoms. The SMILES string of the molecule is BrC[C@H]1COc2cc(Br)ccc2O1. The van der Waals surface area contributed by atoms with Crippen molar-refractivity contribution in [3.8, 4) is 11.5 Å². The van der Waals surface area contributed by atoms with Gasteiger partial charge in [0.05, 0.1) is 0 Å². The number of ether oxygens (including phenoxy) is 2. The van der Waals surface area contributed by atoms with E-state index in [0.29, 0.717) is 6.61 Å². The molecule has 0 radical (unpaired) electrons. The Morgan fingerprint density at radius 2 is 2.23 bits per heavy atom. The van der Waals surface area contributed by atoms with Crippen molar-refractivity contribution in [2.24, 2.45) is 0 Å². The highest BCUT2D eigenvalue weighted by atomic mass is 79.9. The van der Waals surface area contributed by atoms with Crippen molar-refractivity contribution in [1.82, 2.24) is 0 Å². The van der Waals surface area contributed by atoms with E-state index in [1.54, 1.807) is 0 Å². The minimum Gasteiger partial charge on any atom is -0.486 e. The monoisotopic (exact) mass is 306 g/mol. The van der Waals surface area contributed by atoms with Crippen molar-refractivity contribution in [2.75, 3.05) is 11.9 Å². The zero-order valence-corrected chi connectivity index (χ0v) is 9.97. The van der Waals surface area contributed by atoms with E-state index in [0.717, 1.165) is 21.3 Å². The van der Waals surface area contributed by atoms with E-state index in [-0.39, 0.29) is 6.10 Å². The molecule has 1 aliphatic rings. The molecule has 1 aromatic carbocycles. The predicted molar refractivity (Wildman–Crippen MR) is 57.8 cm³/mol. The summed E-state index contributed by atoms with van der Waals surface area (Å²) in [6.45, 7) is 0.606. The maximum Gasteiger partial charge on any atom is 0.162 e. The molecule has 13 heavy (non-hydrogen) atoms. The molecule has 0 amide bonds. The summed E-state index contributed by atoms with van der Waals surface area (Å²) in [5.41, 5.74) is 0. The van der Waals surface area contributed by atoms with Gasteiger partial charge < -0.3 is 9.47 Å². The van der Waals surface area contributed by atoms with Crippen LogP contribution in [0, 0.1) is 0 Å². The molecule has 70 valence electrons. The number of halogens is 2. The Balaban J connectivity index is 2.26. The first kappa shape index (κ1) is 9.34. The van der Waals surface area contributed by atoms with Gasteiger partial charge in [0.1, 0.15) is 12.7 Å². The topological polar surface area (TPSA) is 18.5 Å². The molecule has 2 nitrogen and oxygen atoms in total. The van der Waals surface area contributed by atoms with Crippen LogP contribution < -0.4 is 9.47 Å². The van der Waals surface area contributed by atoms with Gasteiger partial charge in [-0.2, -0.15) is 0 Å². The van der Waals surface area contributed by atoms with Gasteiger partial charge in [0, 0.05) is 9.80 Å². The Bertz CT molecular complexity index is 314. The van der Waals surface area contributed by atoms with Gasteiger partial charge in [0.2, 0.25) is 0 Å². The third kappa shape index (κ3) is 1.99. The Labute approximate surface area is 93.5 Å². The summed E-state index contributed by atoms with van der Waals surface area (Å²) in [5.74, 6) is 1.63. The summed E-state index contributed by atoms with van der Waals surface area (Å²) >= 11 is 6.74. The molecule has 0 unspecified atom stereocenters. The van der Waals surface area contributed by atoms with Crippen molar-refractivity contribution >= 4 is 31.9 Å². The second-order valence-electron chi connectivity index (χ2n) is 2.80. The quantitative estimate of drug-likeness (QED) is 0.743. The molecular weight excluding hydrogens is 300 g/mol. The smallest absolute Gasteiger partial charge is 0.162 e. The number of hydrogen-bond donors (Lipinski definition) is 0. The molecule has 1 aliphatic heterocycles. The van der Waals surface area contributed by atoms with Crippen LogP contribution in [0.1, 0.15) is 0 Å².